The highest BCUT2D eigenvalue weighted by Crippen LogP contribution is 2.17. The zero-order chi connectivity index (χ0) is 19.4. The van der Waals surface area contributed by atoms with Gasteiger partial charge in [0.2, 0.25) is 0 Å². The van der Waals surface area contributed by atoms with Crippen molar-refractivity contribution >= 4 is 32.8 Å². The second kappa shape index (κ2) is 7.60. The molecule has 1 aromatic heterocycles. The molecule has 1 heterocycles. The molecule has 140 valence electrons. The number of H-pyrrole nitrogens is 1. The van der Waals surface area contributed by atoms with E-state index in [1.54, 1.807) is 24.3 Å². The van der Waals surface area contributed by atoms with Crippen molar-refractivity contribution in [1.82, 2.24) is 15.2 Å². The van der Waals surface area contributed by atoms with Crippen LogP contribution in [-0.4, -0.2) is 30.4 Å². The Morgan fingerprint density at radius 3 is 2.44 bits per heavy atom. The molecule has 8 nitrogen and oxygen atoms in total. The summed E-state index contributed by atoms with van der Waals surface area (Å²) in [7, 11) is -3.96. The van der Waals surface area contributed by atoms with Gasteiger partial charge in [0.1, 0.15) is 0 Å². The Kier molecular flexibility index (Phi) is 5.24. The fourth-order valence-corrected chi connectivity index (χ4v) is 3.43. The highest BCUT2D eigenvalue weighted by Gasteiger charge is 2.17. The van der Waals surface area contributed by atoms with E-state index in [1.165, 1.54) is 18.3 Å². The molecule has 0 saturated heterocycles. The van der Waals surface area contributed by atoms with Crippen molar-refractivity contribution in [1.29, 1.82) is 0 Å². The molecule has 0 atom stereocenters. The SMILES string of the molecule is O=C(O)CCc1ccc(S(=O)(=O)NNC(=O)c2c[nH]c3ccccc23)cc1. The minimum absolute atomic E-state index is 0.0367. The first-order chi connectivity index (χ1) is 12.9. The third-order valence-electron chi connectivity index (χ3n) is 3.99. The number of aryl methyl sites for hydroxylation is 1. The summed E-state index contributed by atoms with van der Waals surface area (Å²) in [4.78, 5) is 27.8. The smallest absolute Gasteiger partial charge is 0.303 e. The minimum atomic E-state index is -3.96. The number of carboxylic acid groups (broad SMARTS) is 1. The number of amides is 1. The van der Waals surface area contributed by atoms with Crippen LogP contribution in [0.25, 0.3) is 10.9 Å². The van der Waals surface area contributed by atoms with Gasteiger partial charge in [-0.1, -0.05) is 30.3 Å². The number of hydrogen-bond acceptors (Lipinski definition) is 4. The molecule has 27 heavy (non-hydrogen) atoms. The second-order valence-corrected chi connectivity index (χ2v) is 7.53. The van der Waals surface area contributed by atoms with Gasteiger partial charge < -0.3 is 10.1 Å². The van der Waals surface area contributed by atoms with Crippen LogP contribution in [0.4, 0.5) is 0 Å². The number of benzene rings is 2. The lowest BCUT2D eigenvalue weighted by Crippen LogP contribution is -2.41. The van der Waals surface area contributed by atoms with E-state index in [9.17, 15) is 18.0 Å². The Morgan fingerprint density at radius 2 is 1.74 bits per heavy atom. The summed E-state index contributed by atoms with van der Waals surface area (Å²) in [6, 6.07) is 13.0. The predicted molar refractivity (Wildman–Crippen MR) is 98.5 cm³/mol. The molecule has 0 bridgehead atoms. The van der Waals surface area contributed by atoms with E-state index in [-0.39, 0.29) is 11.3 Å². The third-order valence-corrected chi connectivity index (χ3v) is 5.26. The molecule has 0 spiro atoms. The quantitative estimate of drug-likeness (QED) is 0.460. The number of carbonyl (C=O) groups is 2. The number of carboxylic acids is 1. The number of para-hydroxylation sites is 1. The van der Waals surface area contributed by atoms with E-state index in [2.05, 4.69) is 15.2 Å². The average molecular weight is 387 g/mol. The molecule has 1 amide bonds. The molecule has 0 aliphatic heterocycles. The first kappa shape index (κ1) is 18.6. The lowest BCUT2D eigenvalue weighted by atomic mass is 10.1. The Bertz CT molecular complexity index is 1090. The van der Waals surface area contributed by atoms with Crippen LogP contribution in [0.15, 0.2) is 59.6 Å². The lowest BCUT2D eigenvalue weighted by Gasteiger charge is -2.09. The topological polar surface area (TPSA) is 128 Å². The van der Waals surface area contributed by atoms with Crippen LogP contribution in [0, 0.1) is 0 Å². The van der Waals surface area contributed by atoms with Crippen LogP contribution in [0.5, 0.6) is 0 Å². The molecule has 2 aromatic carbocycles. The molecular weight excluding hydrogens is 370 g/mol. The summed E-state index contributed by atoms with van der Waals surface area (Å²) in [5.74, 6) is -1.51. The number of aromatic amines is 1. The zero-order valence-corrected chi connectivity index (χ0v) is 14.9. The number of aliphatic carboxylic acids is 1. The first-order valence-corrected chi connectivity index (χ1v) is 9.54. The fourth-order valence-electron chi connectivity index (χ4n) is 2.59. The number of rotatable bonds is 7. The zero-order valence-electron chi connectivity index (χ0n) is 14.1. The summed E-state index contributed by atoms with van der Waals surface area (Å²) < 4.78 is 24.6. The summed E-state index contributed by atoms with van der Waals surface area (Å²) in [6.07, 6.45) is 1.77. The van der Waals surface area contributed by atoms with Gasteiger partial charge in [0, 0.05) is 23.5 Å². The van der Waals surface area contributed by atoms with E-state index in [0.29, 0.717) is 22.9 Å². The largest absolute Gasteiger partial charge is 0.481 e. The van der Waals surface area contributed by atoms with Crippen molar-refractivity contribution in [2.45, 2.75) is 17.7 Å². The molecule has 0 saturated carbocycles. The Balaban J connectivity index is 1.67. The van der Waals surface area contributed by atoms with E-state index >= 15 is 0 Å². The highest BCUT2D eigenvalue weighted by molar-refractivity contribution is 7.89. The van der Waals surface area contributed by atoms with Crippen LogP contribution in [0.2, 0.25) is 0 Å². The van der Waals surface area contributed by atoms with Crippen LogP contribution >= 0.6 is 0 Å². The number of carbonyl (C=O) groups excluding carboxylic acids is 1. The van der Waals surface area contributed by atoms with Crippen LogP contribution in [-0.2, 0) is 21.2 Å². The van der Waals surface area contributed by atoms with Gasteiger partial charge in [-0.05, 0) is 30.2 Å². The van der Waals surface area contributed by atoms with Crippen LogP contribution in [0.1, 0.15) is 22.3 Å². The maximum absolute atomic E-state index is 12.3. The Morgan fingerprint density at radius 1 is 1.04 bits per heavy atom. The Labute approximate surface area is 155 Å². The number of nitrogens with one attached hydrogen (secondary N) is 3. The number of aromatic nitrogens is 1. The van der Waals surface area contributed by atoms with E-state index < -0.39 is 21.9 Å². The standard InChI is InChI=1S/C18H17N3O5S/c22-17(23)10-7-12-5-8-13(9-6-12)27(25,26)21-20-18(24)15-11-19-16-4-2-1-3-14(15)16/h1-6,8-9,11,19,21H,7,10H2,(H,20,24)(H,22,23). The van der Waals surface area contributed by atoms with Gasteiger partial charge >= 0.3 is 5.97 Å². The maximum atomic E-state index is 12.3. The van der Waals surface area contributed by atoms with Crippen molar-refractivity contribution in [2.75, 3.05) is 0 Å². The van der Waals surface area contributed by atoms with Crippen molar-refractivity contribution in [2.24, 2.45) is 0 Å². The van der Waals surface area contributed by atoms with Gasteiger partial charge in [-0.25, -0.2) is 8.42 Å². The molecule has 0 aliphatic carbocycles. The summed E-state index contributed by atoms with van der Waals surface area (Å²) in [5, 5.41) is 9.35. The average Bonchev–Trinajstić information content (AvgIpc) is 3.09. The number of fused-ring (bicyclic) bond motifs is 1. The maximum Gasteiger partial charge on any atom is 0.303 e. The van der Waals surface area contributed by atoms with E-state index in [4.69, 9.17) is 5.11 Å². The molecule has 0 aliphatic rings. The molecule has 0 radical (unpaired) electrons. The number of hydrogen-bond donors (Lipinski definition) is 4. The van der Waals surface area contributed by atoms with Gasteiger partial charge in [-0.15, -0.1) is 4.83 Å². The van der Waals surface area contributed by atoms with Crippen LogP contribution in [0.3, 0.4) is 0 Å². The first-order valence-electron chi connectivity index (χ1n) is 8.06. The van der Waals surface area contributed by atoms with E-state index in [1.807, 2.05) is 12.1 Å². The van der Waals surface area contributed by atoms with Crippen molar-refractivity contribution < 1.29 is 23.1 Å². The van der Waals surface area contributed by atoms with Gasteiger partial charge in [0.25, 0.3) is 15.9 Å². The molecule has 4 N–H and O–H groups in total. The third kappa shape index (κ3) is 4.33. The van der Waals surface area contributed by atoms with E-state index in [0.717, 1.165) is 5.52 Å². The van der Waals surface area contributed by atoms with Gasteiger partial charge in [0.15, 0.2) is 0 Å². The molecule has 9 heteroatoms. The van der Waals surface area contributed by atoms with Gasteiger partial charge in [-0.2, -0.15) is 0 Å². The van der Waals surface area contributed by atoms with Crippen molar-refractivity contribution in [3.63, 3.8) is 0 Å². The summed E-state index contributed by atoms with van der Waals surface area (Å²) in [6.45, 7) is 0. The monoisotopic (exact) mass is 387 g/mol. The van der Waals surface area contributed by atoms with Gasteiger partial charge in [0.05, 0.1) is 10.5 Å². The normalized spacial score (nSPS) is 11.4. The van der Waals surface area contributed by atoms with Crippen molar-refractivity contribution in [3.8, 4) is 0 Å². The Hall–Kier alpha value is -3.17. The molecule has 0 unspecified atom stereocenters. The highest BCUT2D eigenvalue weighted by atomic mass is 32.2. The second-order valence-electron chi connectivity index (χ2n) is 5.85. The molecule has 0 fully saturated rings. The van der Waals surface area contributed by atoms with Crippen molar-refractivity contribution in [3.05, 3.63) is 65.9 Å². The summed E-state index contributed by atoms with van der Waals surface area (Å²) >= 11 is 0. The molecule has 3 rings (SSSR count). The predicted octanol–water partition coefficient (Wildman–Crippen LogP) is 1.81. The van der Waals surface area contributed by atoms with Crippen LogP contribution < -0.4 is 10.3 Å². The fraction of sp³-hybridized carbons (Fsp3) is 0.111. The summed E-state index contributed by atoms with van der Waals surface area (Å²) in [5.41, 5.74) is 3.99. The van der Waals surface area contributed by atoms with Gasteiger partial charge in [-0.3, -0.25) is 15.0 Å². The number of hydrazine groups is 1. The number of sulfonamides is 1. The molecule has 3 aromatic rings. The molecular formula is C18H17N3O5S. The lowest BCUT2D eigenvalue weighted by molar-refractivity contribution is -0.136. The minimum Gasteiger partial charge on any atom is -0.481 e.